The lowest BCUT2D eigenvalue weighted by molar-refractivity contribution is 0.0828. The van der Waals surface area contributed by atoms with Gasteiger partial charge in [-0.25, -0.2) is 8.78 Å². The predicted molar refractivity (Wildman–Crippen MR) is 25.5 cm³/mol. The van der Waals surface area contributed by atoms with E-state index in [1.54, 1.807) is 0 Å². The van der Waals surface area contributed by atoms with Gasteiger partial charge in [-0.05, 0) is 6.42 Å². The summed E-state index contributed by atoms with van der Waals surface area (Å²) in [5, 5.41) is 0. The van der Waals surface area contributed by atoms with Crippen LogP contribution < -0.4 is 0 Å². The summed E-state index contributed by atoms with van der Waals surface area (Å²) < 4.78 is 46.0. The first kappa shape index (κ1) is 8.72. The van der Waals surface area contributed by atoms with Crippen LogP contribution in [-0.2, 0) is 0 Å². The molecule has 55 valence electrons. The maximum Gasteiger partial charge on any atom is 0.346 e. The van der Waals surface area contributed by atoms with Crippen LogP contribution in [0.5, 0.6) is 0 Å². The molecule has 1 radical (unpaired) electrons. The van der Waals surface area contributed by atoms with Crippen LogP contribution in [0.2, 0.25) is 0 Å². The second-order valence-electron chi connectivity index (χ2n) is 1.62. The van der Waals surface area contributed by atoms with Gasteiger partial charge in [0, 0.05) is 0 Å². The fourth-order valence-corrected chi connectivity index (χ4v) is 0.344. The van der Waals surface area contributed by atoms with Crippen LogP contribution in [0.1, 0.15) is 13.3 Å². The molecule has 0 bridgehead atoms. The Kier molecular flexibility index (Phi) is 3.58. The topological polar surface area (TPSA) is 0 Å². The average Bonchev–Trinajstić information content (AvgIpc) is 1.84. The maximum absolute atomic E-state index is 11.9. The fraction of sp³-hybridized carbons (Fsp3) is 0.800. The van der Waals surface area contributed by atoms with Crippen LogP contribution in [0.15, 0.2) is 0 Å². The lowest BCUT2D eigenvalue weighted by Gasteiger charge is -2.07. The third-order valence-corrected chi connectivity index (χ3v) is 0.916. The van der Waals surface area contributed by atoms with E-state index in [4.69, 9.17) is 0 Å². The monoisotopic (exact) mass is 143 g/mol. The van der Waals surface area contributed by atoms with Crippen LogP contribution in [0.4, 0.5) is 17.6 Å². The number of hydrogen-bond acceptors (Lipinski definition) is 0. The highest BCUT2D eigenvalue weighted by Crippen LogP contribution is 2.20. The normalized spacial score (nSPS) is 18.0. The molecule has 2 unspecified atom stereocenters. The van der Waals surface area contributed by atoms with Crippen molar-refractivity contribution in [1.82, 2.24) is 0 Å². The maximum atomic E-state index is 11.9. The Balaban J connectivity index is 3.58. The molecule has 0 aromatic carbocycles. The third-order valence-electron chi connectivity index (χ3n) is 0.916. The zero-order valence-corrected chi connectivity index (χ0v) is 4.87. The van der Waals surface area contributed by atoms with E-state index < -0.39 is 18.8 Å². The Labute approximate surface area is 50.9 Å². The molecule has 0 aliphatic carbocycles. The van der Waals surface area contributed by atoms with Crippen LogP contribution in [-0.4, -0.2) is 12.3 Å². The minimum absolute atomic E-state index is 0.224. The molecule has 0 heterocycles. The van der Waals surface area contributed by atoms with Gasteiger partial charge >= 0.3 is 6.43 Å². The standard InChI is InChI=1S/C5H7F4/c1-2-3(6)4(7)5(8)9/h3-4H,2H2,1H3. The highest BCUT2D eigenvalue weighted by molar-refractivity contribution is 4.80. The zero-order valence-electron chi connectivity index (χ0n) is 4.87. The fourth-order valence-electron chi connectivity index (χ4n) is 0.344. The molecule has 0 N–H and O–H groups in total. The minimum atomic E-state index is -2.70. The summed E-state index contributed by atoms with van der Waals surface area (Å²) in [7, 11) is 0. The number of alkyl halides is 2. The zero-order chi connectivity index (χ0) is 7.44. The molecule has 9 heavy (non-hydrogen) atoms. The molecule has 0 aliphatic rings. The van der Waals surface area contributed by atoms with Gasteiger partial charge in [0.2, 0.25) is 6.17 Å². The Morgan fingerprint density at radius 3 is 1.89 bits per heavy atom. The number of hydrogen-bond donors (Lipinski definition) is 0. The molecular formula is C5H7F4. The molecular weight excluding hydrogens is 136 g/mol. The van der Waals surface area contributed by atoms with Gasteiger partial charge in [0.15, 0.2) is 0 Å². The summed E-state index contributed by atoms with van der Waals surface area (Å²) in [5.74, 6) is 0. The summed E-state index contributed by atoms with van der Waals surface area (Å²) >= 11 is 0. The van der Waals surface area contributed by atoms with Crippen molar-refractivity contribution in [2.24, 2.45) is 0 Å². The van der Waals surface area contributed by atoms with Gasteiger partial charge < -0.3 is 0 Å². The highest BCUT2D eigenvalue weighted by atomic mass is 19.3. The van der Waals surface area contributed by atoms with Gasteiger partial charge in [-0.1, -0.05) is 6.92 Å². The Morgan fingerprint density at radius 2 is 1.78 bits per heavy atom. The van der Waals surface area contributed by atoms with E-state index in [1.807, 2.05) is 0 Å². The van der Waals surface area contributed by atoms with Gasteiger partial charge in [0.25, 0.3) is 0 Å². The van der Waals surface area contributed by atoms with Gasteiger partial charge in [0.05, 0.1) is 0 Å². The molecule has 0 nitrogen and oxygen atoms in total. The number of rotatable bonds is 3. The number of halogens is 4. The van der Waals surface area contributed by atoms with E-state index in [0.717, 1.165) is 0 Å². The second kappa shape index (κ2) is 3.69. The van der Waals surface area contributed by atoms with Gasteiger partial charge in [0.1, 0.15) is 6.17 Å². The van der Waals surface area contributed by atoms with E-state index in [1.165, 1.54) is 6.92 Å². The minimum Gasteiger partial charge on any atom is -0.244 e. The van der Waals surface area contributed by atoms with Crippen molar-refractivity contribution in [3.8, 4) is 0 Å². The van der Waals surface area contributed by atoms with Crippen molar-refractivity contribution in [1.29, 1.82) is 0 Å². The molecule has 0 saturated carbocycles. The molecule has 0 spiro atoms. The Morgan fingerprint density at radius 1 is 1.33 bits per heavy atom. The van der Waals surface area contributed by atoms with Crippen molar-refractivity contribution in [2.45, 2.75) is 25.7 Å². The third kappa shape index (κ3) is 2.67. The van der Waals surface area contributed by atoms with Gasteiger partial charge in [-0.15, -0.1) is 0 Å². The molecule has 0 amide bonds. The smallest absolute Gasteiger partial charge is 0.244 e. The highest BCUT2D eigenvalue weighted by Gasteiger charge is 2.29. The first-order valence-corrected chi connectivity index (χ1v) is 2.55. The molecule has 0 rings (SSSR count). The van der Waals surface area contributed by atoms with Crippen molar-refractivity contribution in [2.75, 3.05) is 0 Å². The summed E-state index contributed by atoms with van der Waals surface area (Å²) in [5.41, 5.74) is 0. The summed E-state index contributed by atoms with van der Waals surface area (Å²) in [6, 6.07) is 0. The molecule has 0 saturated heterocycles. The molecule has 0 aromatic rings. The van der Waals surface area contributed by atoms with Crippen molar-refractivity contribution in [3.63, 3.8) is 0 Å². The Bertz CT molecular complexity index is 73.4. The van der Waals surface area contributed by atoms with Crippen LogP contribution in [0.25, 0.3) is 0 Å². The summed E-state index contributed by atoms with van der Waals surface area (Å²) in [6.45, 7) is 1.31. The van der Waals surface area contributed by atoms with E-state index in [0.29, 0.717) is 0 Å². The van der Waals surface area contributed by atoms with Gasteiger partial charge in [-0.2, -0.15) is 8.78 Å². The second-order valence-corrected chi connectivity index (χ2v) is 1.62. The van der Waals surface area contributed by atoms with E-state index in [9.17, 15) is 17.6 Å². The van der Waals surface area contributed by atoms with Crippen LogP contribution in [0, 0.1) is 6.43 Å². The first-order valence-electron chi connectivity index (χ1n) is 2.55. The summed E-state index contributed by atoms with van der Waals surface area (Å²) in [4.78, 5) is 0. The van der Waals surface area contributed by atoms with Gasteiger partial charge in [-0.3, -0.25) is 0 Å². The lowest BCUT2D eigenvalue weighted by Crippen LogP contribution is -2.19. The first-order chi connectivity index (χ1) is 4.09. The van der Waals surface area contributed by atoms with Crippen LogP contribution >= 0.6 is 0 Å². The molecule has 0 aromatic heterocycles. The Hall–Kier alpha value is -0.280. The molecule has 2 atom stereocenters. The van der Waals surface area contributed by atoms with Crippen molar-refractivity contribution >= 4 is 0 Å². The molecule has 4 heteroatoms. The van der Waals surface area contributed by atoms with Crippen molar-refractivity contribution in [3.05, 3.63) is 6.43 Å². The van der Waals surface area contributed by atoms with Crippen molar-refractivity contribution < 1.29 is 17.6 Å². The summed E-state index contributed by atoms with van der Waals surface area (Å²) in [6.07, 6.45) is -7.47. The lowest BCUT2D eigenvalue weighted by atomic mass is 10.2. The largest absolute Gasteiger partial charge is 0.346 e. The van der Waals surface area contributed by atoms with Crippen LogP contribution in [0.3, 0.4) is 0 Å². The van der Waals surface area contributed by atoms with E-state index in [-0.39, 0.29) is 6.42 Å². The predicted octanol–water partition coefficient (Wildman–Crippen LogP) is 2.50. The molecule has 0 aliphatic heterocycles. The molecule has 0 fully saturated rings. The SMILES string of the molecule is CCC(F)C(F)[C](F)F. The van der Waals surface area contributed by atoms with E-state index in [2.05, 4.69) is 0 Å². The van der Waals surface area contributed by atoms with E-state index >= 15 is 0 Å². The quantitative estimate of drug-likeness (QED) is 0.532. The average molecular weight is 143 g/mol.